The zero-order chi connectivity index (χ0) is 94.9. The van der Waals surface area contributed by atoms with E-state index in [2.05, 4.69) is 24.5 Å². The van der Waals surface area contributed by atoms with Gasteiger partial charge in [-0.05, 0) is 19.3 Å². The summed E-state index contributed by atoms with van der Waals surface area (Å²) < 4.78 is 70.6. The molecule has 34 atom stereocenters. The first-order chi connectivity index (χ1) is 61.7. The quantitative estimate of drug-likeness (QED) is 0.0256. The van der Waals surface area contributed by atoms with E-state index in [4.69, 9.17) is 56.8 Å². The predicted molar refractivity (Wildman–Crippen MR) is 454 cm³/mol. The van der Waals surface area contributed by atoms with E-state index in [-0.39, 0.29) is 12.3 Å². The van der Waals surface area contributed by atoms with Gasteiger partial charge in [0.15, 0.2) is 25.2 Å². The number of allylic oxidation sites excluding steroid dienone is 1. The molecule has 0 aliphatic carbocycles. The van der Waals surface area contributed by atoms with Crippen molar-refractivity contribution in [2.24, 2.45) is 0 Å². The van der Waals surface area contributed by atoms with Gasteiger partial charge in [0.2, 0.25) is 11.8 Å². The van der Waals surface area contributed by atoms with E-state index in [1.165, 1.54) is 154 Å². The molecule has 754 valence electrons. The third kappa shape index (κ3) is 35.1. The van der Waals surface area contributed by atoms with E-state index in [1.807, 2.05) is 6.08 Å². The predicted octanol–water partition coefficient (Wildman–Crippen LogP) is -1.04. The average molecular weight is 1870 g/mol. The van der Waals surface area contributed by atoms with E-state index in [1.54, 1.807) is 6.08 Å². The molecule has 2 amide bonds. The summed E-state index contributed by atoms with van der Waals surface area (Å²) in [5, 5.41) is 260. The van der Waals surface area contributed by atoms with Crippen molar-refractivity contribution >= 4 is 23.8 Å². The largest absolute Gasteiger partial charge is 0.477 e. The third-order valence-electron chi connectivity index (χ3n) is 25.3. The van der Waals surface area contributed by atoms with Crippen molar-refractivity contribution in [2.45, 2.75) is 472 Å². The van der Waals surface area contributed by atoms with Crippen LogP contribution in [-0.4, -0.2) is 395 Å². The van der Waals surface area contributed by atoms with Crippen LogP contribution in [0.1, 0.15) is 265 Å². The van der Waals surface area contributed by atoms with Crippen LogP contribution in [0.2, 0.25) is 0 Å². The summed E-state index contributed by atoms with van der Waals surface area (Å²) >= 11 is 0. The first-order valence-corrected chi connectivity index (χ1v) is 47.2. The lowest BCUT2D eigenvalue weighted by molar-refractivity contribution is -0.393. The molecule has 12 unspecified atom stereocenters. The zero-order valence-corrected chi connectivity index (χ0v) is 75.3. The fourth-order valence-corrected chi connectivity index (χ4v) is 17.3. The van der Waals surface area contributed by atoms with Gasteiger partial charge < -0.3 is 185 Å². The molecule has 0 aromatic heterocycles. The van der Waals surface area contributed by atoms with E-state index >= 15 is 0 Å². The van der Waals surface area contributed by atoms with Crippen LogP contribution >= 0.6 is 0 Å². The monoisotopic (exact) mass is 1870 g/mol. The number of nitrogens with one attached hydrogen (secondary N) is 2. The second-order valence-corrected chi connectivity index (χ2v) is 35.6. The zero-order valence-electron chi connectivity index (χ0n) is 75.3. The van der Waals surface area contributed by atoms with Gasteiger partial charge in [0.25, 0.3) is 11.6 Å². The van der Waals surface area contributed by atoms with Crippen molar-refractivity contribution in [3.63, 3.8) is 0 Å². The number of aliphatic hydroxyl groups is 21. The molecule has 0 aromatic rings. The summed E-state index contributed by atoms with van der Waals surface area (Å²) in [6, 6.07) is -3.26. The second kappa shape index (κ2) is 60.1. The van der Waals surface area contributed by atoms with E-state index in [9.17, 15) is 137 Å². The van der Waals surface area contributed by atoms with Crippen molar-refractivity contribution < 1.29 is 193 Å². The van der Waals surface area contributed by atoms with Crippen LogP contribution in [0.15, 0.2) is 12.2 Å². The molecular formula is C88H158N2O39. The number of aliphatic hydroxyl groups excluding tert-OH is 21. The summed E-state index contributed by atoms with van der Waals surface area (Å²) in [5.74, 6) is -12.3. The lowest BCUT2D eigenvalue weighted by Crippen LogP contribution is -2.71. The van der Waals surface area contributed by atoms with Crippen LogP contribution in [-0.2, 0) is 76.0 Å². The smallest absolute Gasteiger partial charge is 0.364 e. The molecule has 129 heavy (non-hydrogen) atoms. The molecule has 41 heteroatoms. The van der Waals surface area contributed by atoms with Crippen LogP contribution < -0.4 is 10.6 Å². The van der Waals surface area contributed by atoms with Gasteiger partial charge >= 0.3 is 11.9 Å². The van der Waals surface area contributed by atoms with Crippen molar-refractivity contribution in [1.82, 2.24) is 10.6 Å². The van der Waals surface area contributed by atoms with Crippen molar-refractivity contribution in [3.05, 3.63) is 12.2 Å². The Morgan fingerprint density at radius 3 is 1.22 bits per heavy atom. The average Bonchev–Trinajstić information content (AvgIpc) is 0.772. The molecule has 6 fully saturated rings. The maximum atomic E-state index is 13.7. The molecule has 6 aliphatic heterocycles. The van der Waals surface area contributed by atoms with Crippen molar-refractivity contribution in [1.29, 1.82) is 0 Å². The first-order valence-electron chi connectivity index (χ1n) is 47.2. The highest BCUT2D eigenvalue weighted by atomic mass is 16.8. The Morgan fingerprint density at radius 2 is 0.791 bits per heavy atom. The van der Waals surface area contributed by atoms with E-state index in [0.29, 0.717) is 12.8 Å². The summed E-state index contributed by atoms with van der Waals surface area (Å²) in [4.78, 5) is 53.6. The minimum atomic E-state index is -3.35. The van der Waals surface area contributed by atoms with E-state index in [0.717, 1.165) is 64.7 Å². The molecule has 25 N–H and O–H groups in total. The number of carboxylic acid groups (broad SMARTS) is 2. The minimum Gasteiger partial charge on any atom is -0.477 e. The maximum Gasteiger partial charge on any atom is 0.364 e. The Bertz CT molecular complexity index is 3090. The van der Waals surface area contributed by atoms with Gasteiger partial charge in [-0.15, -0.1) is 0 Å². The Hall–Kier alpha value is -3.70. The van der Waals surface area contributed by atoms with Crippen LogP contribution in [0.4, 0.5) is 0 Å². The van der Waals surface area contributed by atoms with Crippen LogP contribution in [0.3, 0.4) is 0 Å². The molecule has 0 saturated carbocycles. The number of carbonyl (C=O) groups is 4. The summed E-state index contributed by atoms with van der Waals surface area (Å²) in [6.07, 6.45) is -23.5. The number of hydrogen-bond acceptors (Lipinski definition) is 37. The van der Waals surface area contributed by atoms with Crippen LogP contribution in [0.5, 0.6) is 0 Å². The molecule has 0 bridgehead atoms. The fraction of sp³-hybridized carbons (Fsp3) is 0.932. The number of rotatable bonds is 65. The number of carbonyl (C=O) groups excluding carboxylic acids is 2. The van der Waals surface area contributed by atoms with Crippen LogP contribution in [0, 0.1) is 0 Å². The van der Waals surface area contributed by atoms with Gasteiger partial charge in [0.05, 0.1) is 70.6 Å². The Morgan fingerprint density at radius 1 is 0.419 bits per heavy atom. The third-order valence-corrected chi connectivity index (χ3v) is 25.3. The maximum absolute atomic E-state index is 13.7. The standard InChI is InChI=1S/C88H158N2O39/c1-4-6-8-10-12-14-16-18-19-20-21-22-23-24-25-26-27-29-31-33-35-37-39-41-62(102)90-52(53(97)40-38-36-34-32-30-28-17-15-13-11-9-7-5-2)49-118-82-72(111)70(109)76(59(47-94)121-82)125-83-73(112)71(110)75(60(48-95)122-83)124-81-63(89-51(3)96)77(69(108)61(123-81)50-119-87(85(114)115)42-54(98)64(103)78(127-87)66(105)56(100)44-91)126-84-74(113)80(68(107)58(46-93)120-84)129-88(86(116)117)43-55(99)65(104)79(128-88)67(106)57(101)45-92/h38,40,52-61,63-84,91-95,97-101,103-113H,4-37,39,41-50H2,1-3H3,(H,89,96)(H,90,102)(H,114,115)(H,116,117)/b40-38+/t52-,53+,54?,55?,56+,57+,58?,59?,60?,61?,63?,64+,65+,66+,67+,68-,69-,70+,71+,72?,73?,74?,75-,76+,77+,78?,79?,80-,81-,82+,83-,84-,87+,88-/m0/s1. The molecular weight excluding hydrogens is 1710 g/mol. The molecule has 6 saturated heterocycles. The highest BCUT2D eigenvalue weighted by molar-refractivity contribution is 5.77. The minimum absolute atomic E-state index is 0.134. The normalized spacial score (nSPS) is 34.9. The van der Waals surface area contributed by atoms with Gasteiger partial charge in [0.1, 0.15) is 146 Å². The molecule has 6 heterocycles. The number of unbranched alkanes of at least 4 members (excludes halogenated alkanes) is 33. The van der Waals surface area contributed by atoms with Gasteiger partial charge in [0, 0.05) is 26.2 Å². The number of aliphatic carboxylic acids is 2. The number of ether oxygens (including phenoxy) is 12. The van der Waals surface area contributed by atoms with Crippen molar-refractivity contribution in [2.75, 3.05) is 46.2 Å². The number of hydrogen-bond donors (Lipinski definition) is 25. The van der Waals surface area contributed by atoms with Gasteiger partial charge in [-0.25, -0.2) is 9.59 Å². The molecule has 0 aromatic carbocycles. The highest BCUT2D eigenvalue weighted by Crippen LogP contribution is 2.42. The van der Waals surface area contributed by atoms with Crippen molar-refractivity contribution in [3.8, 4) is 0 Å². The molecule has 41 nitrogen and oxygen atoms in total. The Balaban J connectivity index is 1.15. The highest BCUT2D eigenvalue weighted by Gasteiger charge is 2.63. The molecule has 6 rings (SSSR count). The molecule has 0 spiro atoms. The lowest BCUT2D eigenvalue weighted by atomic mass is 9.90. The van der Waals surface area contributed by atoms with Gasteiger partial charge in [-0.1, -0.05) is 231 Å². The number of carboxylic acids is 2. The molecule has 6 aliphatic rings. The lowest BCUT2D eigenvalue weighted by Gasteiger charge is -2.51. The summed E-state index contributed by atoms with van der Waals surface area (Å²) in [5.41, 5.74) is 0. The molecule has 0 radical (unpaired) electrons. The summed E-state index contributed by atoms with van der Waals surface area (Å²) in [7, 11) is 0. The summed E-state index contributed by atoms with van der Waals surface area (Å²) in [6.45, 7) is -2.43. The second-order valence-electron chi connectivity index (χ2n) is 35.6. The topological polar surface area (TPSA) is 668 Å². The van der Waals surface area contributed by atoms with Gasteiger partial charge in [-0.2, -0.15) is 0 Å². The van der Waals surface area contributed by atoms with Crippen LogP contribution in [0.25, 0.3) is 0 Å². The Kier molecular flexibility index (Phi) is 53.1. The number of amides is 2. The van der Waals surface area contributed by atoms with E-state index < -0.39 is 284 Å². The first kappa shape index (κ1) is 114. The SMILES string of the molecule is CCCCCCCCCCCCC/C=C/[C@@H](O)[C@H](CO[C@@H]1OC(CO)[C@@H](O[C@@H]2OC(CO)[C@H](O[C@@H]3OC(CO[C@]4(C(=O)O)CC(O)[C@@H](O)C([C@H](O)[C@H](O)CO)O4)[C@H](O)[C@H](O[C@@H]4OC(CO)[C@H](O)[C@H](O[C@]5(C(=O)O)CC(O)[C@@H](O)C([C@H](O)[C@H](O)CO)O5)C4O)C3NC(C)=O)[C@H](O)C2O)[C@H](O)C1O)NC(=O)CCCCCCCCCCCCCCCCCCCCCCCCC. The Labute approximate surface area is 755 Å². The van der Waals surface area contributed by atoms with Gasteiger partial charge in [-0.3, -0.25) is 9.59 Å². The fourth-order valence-electron chi connectivity index (χ4n) is 17.3.